The van der Waals surface area contributed by atoms with E-state index in [0.717, 1.165) is 49.3 Å². The fourth-order valence-corrected chi connectivity index (χ4v) is 6.51. The first-order valence-electron chi connectivity index (χ1n) is 14.5. The summed E-state index contributed by atoms with van der Waals surface area (Å²) in [4.78, 5) is 29.2. The van der Waals surface area contributed by atoms with E-state index in [2.05, 4.69) is 5.32 Å². The number of carbonyl (C=O) groups excluding carboxylic acids is 2. The Labute approximate surface area is 265 Å². The number of halogens is 5. The lowest BCUT2D eigenvalue weighted by atomic mass is 9.94. The lowest BCUT2D eigenvalue weighted by Crippen LogP contribution is -2.55. The van der Waals surface area contributed by atoms with Gasteiger partial charge in [0.05, 0.1) is 22.5 Å². The molecule has 2 amide bonds. The number of hydrogen-bond donors (Lipinski definition) is 1. The highest BCUT2D eigenvalue weighted by molar-refractivity contribution is 7.92. The number of carbonyl (C=O) groups is 2. The van der Waals surface area contributed by atoms with Gasteiger partial charge in [-0.1, -0.05) is 79.4 Å². The van der Waals surface area contributed by atoms with Crippen molar-refractivity contribution in [3.8, 4) is 0 Å². The van der Waals surface area contributed by atoms with Crippen LogP contribution in [0.15, 0.2) is 72.8 Å². The molecule has 13 heteroatoms. The van der Waals surface area contributed by atoms with Crippen LogP contribution in [0.25, 0.3) is 0 Å². The summed E-state index contributed by atoms with van der Waals surface area (Å²) in [6.07, 6.45) is 0.318. The topological polar surface area (TPSA) is 86.8 Å². The molecule has 1 aliphatic carbocycles. The molecule has 1 saturated carbocycles. The highest BCUT2D eigenvalue weighted by Gasteiger charge is 2.36. The zero-order chi connectivity index (χ0) is 32.8. The quantitative estimate of drug-likeness (QED) is 0.242. The van der Waals surface area contributed by atoms with E-state index in [1.54, 1.807) is 36.4 Å². The fraction of sp³-hybridized carbons (Fsp3) is 0.375. The Bertz CT molecular complexity index is 1600. The maximum Gasteiger partial charge on any atom is 0.416 e. The third kappa shape index (κ3) is 9.20. The second-order valence-electron chi connectivity index (χ2n) is 11.1. The standard InChI is InChI=1S/C32H34ClF4N3O4S/c1-45(43,44)40(28-19-24(32(35,36)37)16-17-26(28)33)21-30(41)39(20-23-12-8-9-15-27(23)34)29(18-22-10-4-2-5-11-22)31(42)38-25-13-6-3-7-14-25/h2,4-5,8-12,15-17,19,25,29H,3,6-7,13-14,18,20-21H2,1H3,(H,38,42)/t29-/m0/s1. The van der Waals surface area contributed by atoms with Gasteiger partial charge < -0.3 is 10.2 Å². The average molecular weight is 668 g/mol. The van der Waals surface area contributed by atoms with Crippen LogP contribution in [-0.4, -0.2) is 50.0 Å². The number of benzene rings is 3. The number of nitrogens with one attached hydrogen (secondary N) is 1. The van der Waals surface area contributed by atoms with Gasteiger partial charge in [-0.25, -0.2) is 12.8 Å². The van der Waals surface area contributed by atoms with Gasteiger partial charge in [0.1, 0.15) is 18.4 Å². The van der Waals surface area contributed by atoms with Gasteiger partial charge in [-0.15, -0.1) is 0 Å². The van der Waals surface area contributed by atoms with Crippen LogP contribution in [0.2, 0.25) is 5.02 Å². The van der Waals surface area contributed by atoms with Crippen molar-refractivity contribution < 1.29 is 35.6 Å². The van der Waals surface area contributed by atoms with E-state index in [0.29, 0.717) is 22.0 Å². The molecular formula is C32H34ClF4N3O4S. The van der Waals surface area contributed by atoms with Crippen LogP contribution in [0, 0.1) is 5.82 Å². The van der Waals surface area contributed by atoms with Crippen LogP contribution in [-0.2, 0) is 38.8 Å². The molecule has 0 aliphatic heterocycles. The van der Waals surface area contributed by atoms with Crippen molar-refractivity contribution in [1.29, 1.82) is 0 Å². The number of nitrogens with zero attached hydrogens (tertiary/aromatic N) is 2. The van der Waals surface area contributed by atoms with Gasteiger partial charge in [0.15, 0.2) is 0 Å². The number of alkyl halides is 3. The summed E-state index contributed by atoms with van der Waals surface area (Å²) in [5, 5.41) is 2.68. The van der Waals surface area contributed by atoms with Crippen LogP contribution in [0.4, 0.5) is 23.2 Å². The van der Waals surface area contributed by atoms with E-state index < -0.39 is 64.2 Å². The molecule has 3 aromatic rings. The summed E-state index contributed by atoms with van der Waals surface area (Å²) < 4.78 is 82.0. The Morgan fingerprint density at radius 1 is 0.978 bits per heavy atom. The predicted molar refractivity (Wildman–Crippen MR) is 165 cm³/mol. The first kappa shape index (κ1) is 34.2. The molecule has 0 radical (unpaired) electrons. The number of sulfonamides is 1. The first-order valence-corrected chi connectivity index (χ1v) is 16.7. The average Bonchev–Trinajstić information content (AvgIpc) is 2.98. The van der Waals surface area contributed by atoms with Crippen molar-refractivity contribution in [3.05, 3.63) is 100 Å². The summed E-state index contributed by atoms with van der Waals surface area (Å²) in [6.45, 7) is -1.40. The number of rotatable bonds is 11. The second-order valence-corrected chi connectivity index (χ2v) is 13.4. The molecule has 4 rings (SSSR count). The molecule has 1 N–H and O–H groups in total. The minimum absolute atomic E-state index is 0.0166. The molecule has 7 nitrogen and oxygen atoms in total. The van der Waals surface area contributed by atoms with E-state index in [9.17, 15) is 35.6 Å². The van der Waals surface area contributed by atoms with Gasteiger partial charge >= 0.3 is 6.18 Å². The SMILES string of the molecule is CS(=O)(=O)N(CC(=O)N(Cc1ccccc1F)[C@@H](Cc1ccccc1)C(=O)NC1CCCCC1)c1cc(C(F)(F)F)ccc1Cl. The normalized spacial score (nSPS) is 14.9. The third-order valence-electron chi connectivity index (χ3n) is 7.74. The van der Waals surface area contributed by atoms with Crippen LogP contribution in [0.1, 0.15) is 48.8 Å². The fourth-order valence-electron chi connectivity index (χ4n) is 5.38. The minimum atomic E-state index is -4.82. The largest absolute Gasteiger partial charge is 0.416 e. The Kier molecular flexibility index (Phi) is 11.1. The van der Waals surface area contributed by atoms with Crippen LogP contribution in [0.3, 0.4) is 0 Å². The second kappa shape index (κ2) is 14.6. The summed E-state index contributed by atoms with van der Waals surface area (Å²) in [5.41, 5.74) is -0.967. The van der Waals surface area contributed by atoms with Crippen molar-refractivity contribution in [2.75, 3.05) is 17.1 Å². The molecule has 1 atom stereocenters. The van der Waals surface area contributed by atoms with Crippen LogP contribution >= 0.6 is 11.6 Å². The Morgan fingerprint density at radius 3 is 2.24 bits per heavy atom. The van der Waals surface area contributed by atoms with Gasteiger partial charge in [0, 0.05) is 24.6 Å². The van der Waals surface area contributed by atoms with Gasteiger partial charge in [-0.2, -0.15) is 13.2 Å². The maximum atomic E-state index is 14.9. The van der Waals surface area contributed by atoms with Gasteiger partial charge in [-0.3, -0.25) is 13.9 Å². The lowest BCUT2D eigenvalue weighted by Gasteiger charge is -2.35. The van der Waals surface area contributed by atoms with Crippen molar-refractivity contribution in [2.45, 2.75) is 63.3 Å². The van der Waals surface area contributed by atoms with E-state index >= 15 is 0 Å². The van der Waals surface area contributed by atoms with Crippen molar-refractivity contribution in [1.82, 2.24) is 10.2 Å². The Balaban J connectivity index is 1.77. The molecule has 1 fully saturated rings. The van der Waals surface area contributed by atoms with Crippen molar-refractivity contribution in [3.63, 3.8) is 0 Å². The first-order chi connectivity index (χ1) is 21.2. The van der Waals surface area contributed by atoms with E-state index in [4.69, 9.17) is 11.6 Å². The van der Waals surface area contributed by atoms with E-state index in [-0.39, 0.29) is 23.0 Å². The van der Waals surface area contributed by atoms with Gasteiger partial charge in [-0.05, 0) is 42.7 Å². The summed E-state index contributed by atoms with van der Waals surface area (Å²) in [7, 11) is -4.38. The number of hydrogen-bond acceptors (Lipinski definition) is 4. The predicted octanol–water partition coefficient (Wildman–Crippen LogP) is 6.35. The molecule has 0 bridgehead atoms. The molecule has 0 spiro atoms. The molecule has 0 saturated heterocycles. The molecule has 242 valence electrons. The minimum Gasteiger partial charge on any atom is -0.352 e. The zero-order valence-electron chi connectivity index (χ0n) is 24.6. The molecule has 1 aliphatic rings. The third-order valence-corrected chi connectivity index (χ3v) is 9.19. The van der Waals surface area contributed by atoms with Crippen molar-refractivity contribution >= 4 is 39.1 Å². The van der Waals surface area contributed by atoms with Crippen LogP contribution in [0.5, 0.6) is 0 Å². The maximum absolute atomic E-state index is 14.9. The summed E-state index contributed by atoms with van der Waals surface area (Å²) >= 11 is 6.18. The Morgan fingerprint density at radius 2 is 1.62 bits per heavy atom. The number of amides is 2. The monoisotopic (exact) mass is 667 g/mol. The lowest BCUT2D eigenvalue weighted by molar-refractivity contribution is -0.140. The van der Waals surface area contributed by atoms with E-state index in [1.165, 1.54) is 18.2 Å². The smallest absolute Gasteiger partial charge is 0.352 e. The summed E-state index contributed by atoms with van der Waals surface area (Å²) in [6, 6.07) is 15.3. The molecule has 0 heterocycles. The highest BCUT2D eigenvalue weighted by atomic mass is 35.5. The molecule has 0 aromatic heterocycles. The zero-order valence-corrected chi connectivity index (χ0v) is 26.1. The summed E-state index contributed by atoms with van der Waals surface area (Å²) in [5.74, 6) is -2.09. The molecule has 0 unspecified atom stereocenters. The number of anilines is 1. The van der Waals surface area contributed by atoms with Crippen molar-refractivity contribution in [2.24, 2.45) is 0 Å². The van der Waals surface area contributed by atoms with Crippen LogP contribution < -0.4 is 9.62 Å². The van der Waals surface area contributed by atoms with Gasteiger partial charge in [0.2, 0.25) is 21.8 Å². The highest BCUT2D eigenvalue weighted by Crippen LogP contribution is 2.36. The molecular weight excluding hydrogens is 634 g/mol. The molecule has 3 aromatic carbocycles. The van der Waals surface area contributed by atoms with E-state index in [1.807, 2.05) is 0 Å². The van der Waals surface area contributed by atoms with Gasteiger partial charge in [0.25, 0.3) is 0 Å². The Hall–Kier alpha value is -3.64. The molecule has 45 heavy (non-hydrogen) atoms.